The normalized spacial score (nSPS) is 11.0. The lowest BCUT2D eigenvalue weighted by Crippen LogP contribution is -2.15. The van der Waals surface area contributed by atoms with E-state index in [2.05, 4.69) is 12.2 Å². The molecular weight excluding hydrogens is 298 g/mol. The second-order valence-electron chi connectivity index (χ2n) is 5.73. The molecule has 0 aliphatic rings. The van der Waals surface area contributed by atoms with E-state index in [4.69, 9.17) is 21.1 Å². The molecule has 0 heterocycles. The minimum atomic E-state index is 0.0952. The van der Waals surface area contributed by atoms with Gasteiger partial charge in [-0.15, -0.1) is 0 Å². The van der Waals surface area contributed by atoms with Crippen molar-refractivity contribution in [2.75, 3.05) is 13.2 Å². The molecule has 0 radical (unpaired) electrons. The molecule has 1 aromatic rings. The molecule has 0 unspecified atom stereocenters. The third-order valence-electron chi connectivity index (χ3n) is 3.30. The molecule has 0 atom stereocenters. The number of halogens is 1. The zero-order valence-corrected chi connectivity index (χ0v) is 15.1. The Balaban J connectivity index is 2.64. The average Bonchev–Trinajstić information content (AvgIpc) is 2.46. The van der Waals surface area contributed by atoms with E-state index < -0.39 is 0 Å². The van der Waals surface area contributed by atoms with Gasteiger partial charge in [0.15, 0.2) is 11.5 Å². The van der Waals surface area contributed by atoms with Crippen molar-refractivity contribution in [3.63, 3.8) is 0 Å². The van der Waals surface area contributed by atoms with E-state index in [9.17, 15) is 0 Å². The quantitative estimate of drug-likeness (QED) is 0.567. The number of rotatable bonds is 11. The molecule has 0 aromatic heterocycles. The maximum atomic E-state index is 6.37. The van der Waals surface area contributed by atoms with Crippen LogP contribution >= 0.6 is 11.6 Å². The summed E-state index contributed by atoms with van der Waals surface area (Å²) in [5, 5.41) is 4.17. The molecule has 126 valence electrons. The van der Waals surface area contributed by atoms with Crippen molar-refractivity contribution in [1.82, 2.24) is 5.32 Å². The molecule has 0 aliphatic heterocycles. The number of nitrogens with one attached hydrogen (secondary N) is 1. The zero-order chi connectivity index (χ0) is 16.4. The van der Waals surface area contributed by atoms with Gasteiger partial charge < -0.3 is 14.8 Å². The van der Waals surface area contributed by atoms with Gasteiger partial charge in [-0.05, 0) is 45.4 Å². The first-order valence-electron chi connectivity index (χ1n) is 8.41. The summed E-state index contributed by atoms with van der Waals surface area (Å²) in [6.07, 6.45) is 5.15. The van der Waals surface area contributed by atoms with Gasteiger partial charge in [0.05, 0.1) is 12.7 Å². The lowest BCUT2D eigenvalue weighted by molar-refractivity contribution is 0.223. The molecule has 0 spiro atoms. The largest absolute Gasteiger partial charge is 0.490 e. The first-order valence-corrected chi connectivity index (χ1v) is 8.78. The van der Waals surface area contributed by atoms with Crippen LogP contribution in [0.25, 0.3) is 0 Å². The molecule has 0 saturated carbocycles. The Morgan fingerprint density at radius 3 is 2.50 bits per heavy atom. The first-order chi connectivity index (χ1) is 10.6. The fraction of sp³-hybridized carbons (Fsp3) is 0.667. The lowest BCUT2D eigenvalue weighted by atomic mass is 10.1. The van der Waals surface area contributed by atoms with Crippen LogP contribution in [-0.2, 0) is 6.54 Å². The highest BCUT2D eigenvalue weighted by Gasteiger charge is 2.12. The van der Waals surface area contributed by atoms with Gasteiger partial charge in [-0.1, -0.05) is 37.8 Å². The Bertz CT molecular complexity index is 435. The van der Waals surface area contributed by atoms with Crippen molar-refractivity contribution in [1.29, 1.82) is 0 Å². The molecule has 1 N–H and O–H groups in total. The van der Waals surface area contributed by atoms with Crippen LogP contribution < -0.4 is 14.8 Å². The summed E-state index contributed by atoms with van der Waals surface area (Å²) < 4.78 is 11.5. The van der Waals surface area contributed by atoms with Crippen LogP contribution in [0.5, 0.6) is 11.5 Å². The first kappa shape index (κ1) is 19.1. The van der Waals surface area contributed by atoms with Gasteiger partial charge >= 0.3 is 0 Å². The van der Waals surface area contributed by atoms with E-state index in [0.717, 1.165) is 29.4 Å². The Morgan fingerprint density at radius 1 is 1.09 bits per heavy atom. The molecule has 0 bridgehead atoms. The van der Waals surface area contributed by atoms with Gasteiger partial charge in [0.25, 0.3) is 0 Å². The van der Waals surface area contributed by atoms with E-state index in [1.165, 1.54) is 25.7 Å². The Morgan fingerprint density at radius 2 is 1.86 bits per heavy atom. The molecule has 22 heavy (non-hydrogen) atoms. The van der Waals surface area contributed by atoms with Crippen LogP contribution in [0.3, 0.4) is 0 Å². The summed E-state index contributed by atoms with van der Waals surface area (Å²) in [5.41, 5.74) is 1.05. The van der Waals surface area contributed by atoms with Gasteiger partial charge in [-0.25, -0.2) is 0 Å². The fourth-order valence-electron chi connectivity index (χ4n) is 2.23. The van der Waals surface area contributed by atoms with E-state index >= 15 is 0 Å². The minimum Gasteiger partial charge on any atom is -0.490 e. The van der Waals surface area contributed by atoms with Gasteiger partial charge in [0.2, 0.25) is 0 Å². The Labute approximate surface area is 140 Å². The summed E-state index contributed by atoms with van der Waals surface area (Å²) in [6, 6.07) is 3.85. The minimum absolute atomic E-state index is 0.0952. The molecule has 4 heteroatoms. The van der Waals surface area contributed by atoms with Crippen LogP contribution in [0.15, 0.2) is 12.1 Å². The van der Waals surface area contributed by atoms with Crippen LogP contribution in [0, 0.1) is 0 Å². The van der Waals surface area contributed by atoms with Gasteiger partial charge in [-0.3, -0.25) is 0 Å². The van der Waals surface area contributed by atoms with E-state index in [0.29, 0.717) is 12.4 Å². The van der Waals surface area contributed by atoms with Crippen molar-refractivity contribution in [3.05, 3.63) is 22.7 Å². The van der Waals surface area contributed by atoms with Crippen LogP contribution in [-0.4, -0.2) is 19.3 Å². The van der Waals surface area contributed by atoms with Crippen molar-refractivity contribution in [3.8, 4) is 11.5 Å². The summed E-state index contributed by atoms with van der Waals surface area (Å²) in [4.78, 5) is 0. The molecule has 1 aromatic carbocycles. The van der Waals surface area contributed by atoms with Crippen molar-refractivity contribution in [2.45, 2.75) is 66.0 Å². The van der Waals surface area contributed by atoms with Gasteiger partial charge in [-0.2, -0.15) is 0 Å². The summed E-state index contributed by atoms with van der Waals surface area (Å²) in [7, 11) is 0. The van der Waals surface area contributed by atoms with Crippen LogP contribution in [0.4, 0.5) is 0 Å². The summed E-state index contributed by atoms with van der Waals surface area (Å²) in [6.45, 7) is 10.6. The maximum absolute atomic E-state index is 6.37. The maximum Gasteiger partial charge on any atom is 0.163 e. The number of ether oxygens (including phenoxy) is 2. The second-order valence-corrected chi connectivity index (χ2v) is 6.13. The predicted molar refractivity (Wildman–Crippen MR) is 94.2 cm³/mol. The zero-order valence-electron chi connectivity index (χ0n) is 14.4. The number of hydrogen-bond donors (Lipinski definition) is 1. The average molecular weight is 328 g/mol. The molecule has 0 aliphatic carbocycles. The Kier molecular flexibility index (Phi) is 9.33. The molecule has 0 fully saturated rings. The van der Waals surface area contributed by atoms with E-state index in [-0.39, 0.29) is 6.10 Å². The third-order valence-corrected chi connectivity index (χ3v) is 3.65. The highest BCUT2D eigenvalue weighted by Crippen LogP contribution is 2.34. The third kappa shape index (κ3) is 6.89. The molecule has 0 amide bonds. The molecule has 3 nitrogen and oxygen atoms in total. The summed E-state index contributed by atoms with van der Waals surface area (Å²) in [5.74, 6) is 1.48. The van der Waals surface area contributed by atoms with E-state index in [1.807, 2.05) is 32.9 Å². The summed E-state index contributed by atoms with van der Waals surface area (Å²) >= 11 is 6.37. The molecule has 0 saturated heterocycles. The smallest absolute Gasteiger partial charge is 0.163 e. The highest BCUT2D eigenvalue weighted by atomic mass is 35.5. The van der Waals surface area contributed by atoms with Gasteiger partial charge in [0, 0.05) is 17.6 Å². The molecule has 1 rings (SSSR count). The van der Waals surface area contributed by atoms with E-state index in [1.54, 1.807) is 0 Å². The standard InChI is InChI=1S/C18H30ClNO2/c1-5-7-8-9-10-20-13-15-11-17(21-6-2)18(12-16(15)19)22-14(3)4/h11-12,14,20H,5-10,13H2,1-4H3. The predicted octanol–water partition coefficient (Wildman–Crippen LogP) is 5.20. The number of benzene rings is 1. The fourth-order valence-corrected chi connectivity index (χ4v) is 2.45. The van der Waals surface area contributed by atoms with Gasteiger partial charge in [0.1, 0.15) is 0 Å². The monoisotopic (exact) mass is 327 g/mol. The van der Waals surface area contributed by atoms with Crippen molar-refractivity contribution < 1.29 is 9.47 Å². The number of hydrogen-bond acceptors (Lipinski definition) is 3. The van der Waals surface area contributed by atoms with Crippen molar-refractivity contribution >= 4 is 11.6 Å². The molecular formula is C18H30ClNO2. The second kappa shape index (κ2) is 10.7. The van der Waals surface area contributed by atoms with Crippen LogP contribution in [0.2, 0.25) is 5.02 Å². The van der Waals surface area contributed by atoms with Crippen LogP contribution in [0.1, 0.15) is 58.9 Å². The Hall–Kier alpha value is -0.930. The topological polar surface area (TPSA) is 30.5 Å². The SMILES string of the molecule is CCCCCCNCc1cc(OCC)c(OC(C)C)cc1Cl. The van der Waals surface area contributed by atoms with Crippen molar-refractivity contribution in [2.24, 2.45) is 0 Å². The lowest BCUT2D eigenvalue weighted by Gasteiger charge is -2.17. The number of unbranched alkanes of at least 4 members (excludes halogenated alkanes) is 3. The highest BCUT2D eigenvalue weighted by molar-refractivity contribution is 6.31.